The van der Waals surface area contributed by atoms with Crippen molar-refractivity contribution in [2.45, 2.75) is 98.8 Å². The standard InChI is InChI=1S/C10H16O5.C8H13BrO3.C2H3O.CH4.Na/c1-6(11)8(14-7(2)12)9(13)15-10(3,4)5;1-5(10)6(9)7(11)12-8(2,3)4;1-2-3;;/h8H,1-5H3;6H,1-4H3;1H3;1H4;/q;;-1;;+1. The number of Topliss-reactive ketones (excluding diaryl/α,β-unsaturated/α-hetero) is 2. The molecule has 0 saturated heterocycles. The SMILES string of the molecule is C.CC(=O)C(Br)C(=O)OC(C)(C)C.CC(=O)OC(C(C)=O)C(=O)OC(C)(C)C.C[C-]=O.[Na+]. The Hall–Kier alpha value is -1.10. The summed E-state index contributed by atoms with van der Waals surface area (Å²) in [6, 6.07) is 0. The minimum atomic E-state index is -1.46. The molecule has 0 N–H and O–H groups in total. The number of rotatable bonds is 5. The predicted molar refractivity (Wildman–Crippen MR) is 119 cm³/mol. The summed E-state index contributed by atoms with van der Waals surface area (Å²) < 4.78 is 14.4. The molecule has 0 rings (SSSR count). The molecule has 0 saturated carbocycles. The fourth-order valence-electron chi connectivity index (χ4n) is 1.34. The Morgan fingerprint density at radius 1 is 0.781 bits per heavy atom. The molecule has 0 aliphatic heterocycles. The molecule has 0 spiro atoms. The summed E-state index contributed by atoms with van der Waals surface area (Å²) in [7, 11) is 0. The van der Waals surface area contributed by atoms with Crippen LogP contribution in [0.3, 0.4) is 0 Å². The molecule has 0 aromatic heterocycles. The molecule has 0 heterocycles. The van der Waals surface area contributed by atoms with Gasteiger partial charge in [-0.05, 0) is 55.4 Å². The molecule has 0 fully saturated rings. The van der Waals surface area contributed by atoms with Gasteiger partial charge in [-0.1, -0.05) is 23.4 Å². The summed E-state index contributed by atoms with van der Waals surface area (Å²) >= 11 is 2.94. The van der Waals surface area contributed by atoms with Gasteiger partial charge in [-0.3, -0.25) is 25.5 Å². The van der Waals surface area contributed by atoms with Gasteiger partial charge in [0.05, 0.1) is 0 Å². The number of halogens is 1. The van der Waals surface area contributed by atoms with Crippen molar-refractivity contribution in [3.8, 4) is 0 Å². The van der Waals surface area contributed by atoms with Crippen LogP contribution in [0.5, 0.6) is 0 Å². The number of ether oxygens (including phenoxy) is 3. The fourth-order valence-corrected chi connectivity index (χ4v) is 1.43. The monoisotopic (exact) mass is 534 g/mol. The van der Waals surface area contributed by atoms with Gasteiger partial charge >= 0.3 is 47.5 Å². The van der Waals surface area contributed by atoms with Gasteiger partial charge in [-0.15, -0.1) is 0 Å². The van der Waals surface area contributed by atoms with E-state index in [0.717, 1.165) is 13.8 Å². The van der Waals surface area contributed by atoms with E-state index < -0.39 is 45.8 Å². The maximum atomic E-state index is 11.4. The quantitative estimate of drug-likeness (QED) is 0.122. The summed E-state index contributed by atoms with van der Waals surface area (Å²) in [5.41, 5.74) is -1.26. The van der Waals surface area contributed by atoms with E-state index in [2.05, 4.69) is 20.7 Å². The van der Waals surface area contributed by atoms with Crippen molar-refractivity contribution >= 4 is 51.7 Å². The first-order valence-corrected chi connectivity index (χ1v) is 9.77. The second-order valence-corrected chi connectivity index (χ2v) is 8.76. The van der Waals surface area contributed by atoms with Crippen molar-refractivity contribution in [1.29, 1.82) is 0 Å². The second kappa shape index (κ2) is 19.4. The number of esters is 3. The third kappa shape index (κ3) is 26.9. The molecule has 182 valence electrons. The van der Waals surface area contributed by atoms with Crippen molar-refractivity contribution in [3.63, 3.8) is 0 Å². The molecule has 32 heavy (non-hydrogen) atoms. The van der Waals surface area contributed by atoms with Crippen molar-refractivity contribution < 1.29 is 72.5 Å². The number of carbonyl (C=O) groups excluding carboxylic acids is 6. The number of ketones is 2. The summed E-state index contributed by atoms with van der Waals surface area (Å²) in [5.74, 6) is -2.87. The maximum Gasteiger partial charge on any atom is 1.00 e. The summed E-state index contributed by atoms with van der Waals surface area (Å²) in [6.07, 6.45) is 0.0433. The van der Waals surface area contributed by atoms with Crippen molar-refractivity contribution in [1.82, 2.24) is 0 Å². The molecule has 0 aromatic carbocycles. The Morgan fingerprint density at radius 3 is 1.31 bits per heavy atom. The molecule has 0 bridgehead atoms. The van der Waals surface area contributed by atoms with Gasteiger partial charge in [-0.2, -0.15) is 6.92 Å². The number of carbonyl (C=O) groups is 5. The van der Waals surface area contributed by atoms with Crippen molar-refractivity contribution in [2.75, 3.05) is 0 Å². The Bertz CT molecular complexity index is 620. The number of alkyl halides is 1. The summed E-state index contributed by atoms with van der Waals surface area (Å²) in [4.78, 5) is 62.8. The van der Waals surface area contributed by atoms with E-state index in [1.807, 2.05) is 0 Å². The first kappa shape index (κ1) is 41.2. The molecule has 0 radical (unpaired) electrons. The smallest absolute Gasteiger partial charge is 0.542 e. The first-order valence-electron chi connectivity index (χ1n) is 8.85. The molecule has 0 aromatic rings. The minimum Gasteiger partial charge on any atom is -0.542 e. The zero-order chi connectivity index (χ0) is 24.9. The zero-order valence-electron chi connectivity index (χ0n) is 20.2. The van der Waals surface area contributed by atoms with Crippen LogP contribution >= 0.6 is 15.9 Å². The van der Waals surface area contributed by atoms with E-state index in [1.165, 1.54) is 20.1 Å². The van der Waals surface area contributed by atoms with Crippen molar-refractivity contribution in [3.05, 3.63) is 0 Å². The van der Waals surface area contributed by atoms with Gasteiger partial charge in [0.2, 0.25) is 0 Å². The average Bonchev–Trinajstić information content (AvgIpc) is 2.49. The van der Waals surface area contributed by atoms with Crippen LogP contribution in [-0.4, -0.2) is 57.9 Å². The molecule has 2 unspecified atom stereocenters. The first-order chi connectivity index (χ1) is 13.3. The van der Waals surface area contributed by atoms with Crippen molar-refractivity contribution in [2.24, 2.45) is 0 Å². The van der Waals surface area contributed by atoms with Crippen LogP contribution in [0.1, 0.15) is 76.7 Å². The molecule has 0 aliphatic carbocycles. The van der Waals surface area contributed by atoms with Gasteiger partial charge in [-0.25, -0.2) is 4.79 Å². The Labute approximate surface area is 222 Å². The van der Waals surface area contributed by atoms with Gasteiger partial charge in [0.1, 0.15) is 11.2 Å². The number of hydrogen-bond donors (Lipinski definition) is 0. The second-order valence-electron chi connectivity index (χ2n) is 7.84. The van der Waals surface area contributed by atoms with Gasteiger partial charge in [0.25, 0.3) is 6.10 Å². The molecular formula is C21H36BrNaO9. The van der Waals surface area contributed by atoms with Crippen LogP contribution in [0.25, 0.3) is 0 Å². The molecular weight excluding hydrogens is 499 g/mol. The maximum absolute atomic E-state index is 11.4. The average molecular weight is 535 g/mol. The molecule has 0 aliphatic rings. The third-order valence-electron chi connectivity index (χ3n) is 2.24. The minimum absolute atomic E-state index is 0. The summed E-state index contributed by atoms with van der Waals surface area (Å²) in [6.45, 7) is 15.2. The van der Waals surface area contributed by atoms with Crippen LogP contribution in [0.15, 0.2) is 0 Å². The van der Waals surface area contributed by atoms with Gasteiger partial charge in [0, 0.05) is 6.92 Å². The van der Waals surface area contributed by atoms with Gasteiger partial charge in [0.15, 0.2) is 16.4 Å². The molecule has 11 heteroatoms. The number of hydrogen-bond acceptors (Lipinski definition) is 9. The zero-order valence-corrected chi connectivity index (χ0v) is 23.8. The van der Waals surface area contributed by atoms with E-state index in [4.69, 9.17) is 14.3 Å². The van der Waals surface area contributed by atoms with E-state index in [9.17, 15) is 24.0 Å². The van der Waals surface area contributed by atoms with E-state index >= 15 is 0 Å². The van der Waals surface area contributed by atoms with E-state index in [-0.39, 0.29) is 42.8 Å². The van der Waals surface area contributed by atoms with Gasteiger partial charge < -0.3 is 19.0 Å². The van der Waals surface area contributed by atoms with Crippen LogP contribution in [-0.2, 0) is 43.0 Å². The van der Waals surface area contributed by atoms with Crippen LogP contribution < -0.4 is 29.6 Å². The molecule has 0 amide bonds. The normalized spacial score (nSPS) is 11.6. The van der Waals surface area contributed by atoms with E-state index in [0.29, 0.717) is 0 Å². The Balaban J connectivity index is -0.000000130. The Kier molecular flexibility index (Phi) is 24.9. The molecule has 9 nitrogen and oxygen atoms in total. The van der Waals surface area contributed by atoms with E-state index in [1.54, 1.807) is 41.5 Å². The van der Waals surface area contributed by atoms with Crippen LogP contribution in [0, 0.1) is 0 Å². The van der Waals surface area contributed by atoms with Crippen LogP contribution in [0.2, 0.25) is 0 Å². The Morgan fingerprint density at radius 2 is 1.09 bits per heavy atom. The van der Waals surface area contributed by atoms with Crippen LogP contribution in [0.4, 0.5) is 0 Å². The molecule has 2 atom stereocenters. The topological polar surface area (TPSA) is 130 Å². The fraction of sp³-hybridized carbons (Fsp3) is 0.714. The summed E-state index contributed by atoms with van der Waals surface area (Å²) in [5, 5.41) is 0. The largest absolute Gasteiger partial charge is 1.00 e. The third-order valence-corrected chi connectivity index (χ3v) is 3.26. The predicted octanol–water partition coefficient (Wildman–Crippen LogP) is 0.286.